The fourth-order valence-electron chi connectivity index (χ4n) is 1.94. The molecule has 0 saturated heterocycles. The van der Waals surface area contributed by atoms with E-state index >= 15 is 0 Å². The molecule has 0 aliphatic heterocycles. The average Bonchev–Trinajstić information content (AvgIpc) is 2.45. The van der Waals surface area contributed by atoms with Gasteiger partial charge in [0, 0.05) is 11.6 Å². The molecule has 1 atom stereocenters. The molecule has 2 N–H and O–H groups in total. The Kier molecular flexibility index (Phi) is 4.42. The van der Waals surface area contributed by atoms with E-state index in [4.69, 9.17) is 15.2 Å². The minimum Gasteiger partial charge on any atom is -0.493 e. The van der Waals surface area contributed by atoms with Gasteiger partial charge >= 0.3 is 0 Å². The van der Waals surface area contributed by atoms with Crippen LogP contribution in [-0.2, 0) is 6.61 Å². The van der Waals surface area contributed by atoms with Gasteiger partial charge in [-0.15, -0.1) is 0 Å². The predicted octanol–water partition coefficient (Wildman–Crippen LogP) is 3.29. The molecule has 0 spiro atoms. The molecule has 0 radical (unpaired) electrons. The second kappa shape index (κ2) is 6.25. The van der Waals surface area contributed by atoms with Crippen molar-refractivity contribution in [1.82, 2.24) is 0 Å². The molecular weight excluding hydrogens is 238 g/mol. The zero-order valence-electron chi connectivity index (χ0n) is 11.3. The van der Waals surface area contributed by atoms with Crippen LogP contribution in [0.2, 0.25) is 0 Å². The summed E-state index contributed by atoms with van der Waals surface area (Å²) in [6, 6.07) is 15.7. The minimum atomic E-state index is -0.0964. The van der Waals surface area contributed by atoms with Gasteiger partial charge in [0.05, 0.1) is 7.11 Å². The van der Waals surface area contributed by atoms with Crippen molar-refractivity contribution in [3.63, 3.8) is 0 Å². The van der Waals surface area contributed by atoms with Crippen molar-refractivity contribution in [2.75, 3.05) is 7.11 Å². The smallest absolute Gasteiger partial charge is 0.166 e. The quantitative estimate of drug-likeness (QED) is 0.893. The Bertz CT molecular complexity index is 524. The molecule has 0 fully saturated rings. The van der Waals surface area contributed by atoms with Crippen LogP contribution in [0.15, 0.2) is 48.5 Å². The molecule has 0 saturated carbocycles. The van der Waals surface area contributed by atoms with Crippen LogP contribution in [0.1, 0.15) is 24.1 Å². The van der Waals surface area contributed by atoms with Crippen molar-refractivity contribution in [3.8, 4) is 11.5 Å². The lowest BCUT2D eigenvalue weighted by atomic mass is 10.1. The van der Waals surface area contributed by atoms with Gasteiger partial charge in [-0.1, -0.05) is 42.5 Å². The molecule has 3 heteroatoms. The van der Waals surface area contributed by atoms with E-state index < -0.39 is 0 Å². The number of para-hydroxylation sites is 1. The van der Waals surface area contributed by atoms with Crippen LogP contribution < -0.4 is 15.2 Å². The van der Waals surface area contributed by atoms with E-state index in [0.29, 0.717) is 12.4 Å². The Morgan fingerprint density at radius 1 is 1.05 bits per heavy atom. The first-order chi connectivity index (χ1) is 9.22. The summed E-state index contributed by atoms with van der Waals surface area (Å²) in [6.45, 7) is 2.44. The summed E-state index contributed by atoms with van der Waals surface area (Å²) in [5.74, 6) is 1.44. The Morgan fingerprint density at radius 3 is 2.42 bits per heavy atom. The van der Waals surface area contributed by atoms with Crippen LogP contribution >= 0.6 is 0 Å². The molecular formula is C16H19NO2. The van der Waals surface area contributed by atoms with E-state index in [9.17, 15) is 0 Å². The Balaban J connectivity index is 2.23. The van der Waals surface area contributed by atoms with Gasteiger partial charge in [0.1, 0.15) is 6.61 Å². The first kappa shape index (κ1) is 13.4. The molecule has 2 rings (SSSR count). The Hall–Kier alpha value is -2.00. The SMILES string of the molecule is COc1cccc(C(C)N)c1OCc1ccccc1. The van der Waals surface area contributed by atoms with Crippen molar-refractivity contribution in [2.45, 2.75) is 19.6 Å². The number of hydrogen-bond acceptors (Lipinski definition) is 3. The molecule has 2 aromatic rings. The first-order valence-corrected chi connectivity index (χ1v) is 6.31. The number of benzene rings is 2. The monoisotopic (exact) mass is 257 g/mol. The maximum atomic E-state index is 5.97. The molecule has 3 nitrogen and oxygen atoms in total. The third-order valence-corrected chi connectivity index (χ3v) is 2.95. The summed E-state index contributed by atoms with van der Waals surface area (Å²) in [4.78, 5) is 0. The third kappa shape index (κ3) is 3.26. The van der Waals surface area contributed by atoms with Gasteiger partial charge in [0.2, 0.25) is 0 Å². The van der Waals surface area contributed by atoms with Gasteiger partial charge < -0.3 is 15.2 Å². The molecule has 100 valence electrons. The molecule has 0 amide bonds. The maximum Gasteiger partial charge on any atom is 0.166 e. The van der Waals surface area contributed by atoms with E-state index in [0.717, 1.165) is 16.9 Å². The normalized spacial score (nSPS) is 11.9. The van der Waals surface area contributed by atoms with Gasteiger partial charge in [-0.05, 0) is 18.6 Å². The zero-order valence-corrected chi connectivity index (χ0v) is 11.3. The van der Waals surface area contributed by atoms with Gasteiger partial charge in [-0.2, -0.15) is 0 Å². The lowest BCUT2D eigenvalue weighted by Gasteiger charge is -2.17. The molecule has 0 bridgehead atoms. The fraction of sp³-hybridized carbons (Fsp3) is 0.250. The standard InChI is InChI=1S/C16H19NO2/c1-12(17)14-9-6-10-15(18-2)16(14)19-11-13-7-4-3-5-8-13/h3-10,12H,11,17H2,1-2H3. The van der Waals surface area contributed by atoms with Crippen molar-refractivity contribution >= 4 is 0 Å². The highest BCUT2D eigenvalue weighted by atomic mass is 16.5. The first-order valence-electron chi connectivity index (χ1n) is 6.31. The minimum absolute atomic E-state index is 0.0964. The molecule has 0 aromatic heterocycles. The van der Waals surface area contributed by atoms with Gasteiger partial charge in [0.25, 0.3) is 0 Å². The van der Waals surface area contributed by atoms with E-state index in [1.807, 2.05) is 55.5 Å². The Morgan fingerprint density at radius 2 is 1.79 bits per heavy atom. The number of rotatable bonds is 5. The highest BCUT2D eigenvalue weighted by molar-refractivity contribution is 5.48. The molecule has 0 heterocycles. The zero-order chi connectivity index (χ0) is 13.7. The summed E-state index contributed by atoms with van der Waals surface area (Å²) in [7, 11) is 1.63. The predicted molar refractivity (Wildman–Crippen MR) is 76.4 cm³/mol. The maximum absolute atomic E-state index is 5.97. The van der Waals surface area contributed by atoms with Crippen LogP contribution in [0.3, 0.4) is 0 Å². The molecule has 0 aliphatic carbocycles. The third-order valence-electron chi connectivity index (χ3n) is 2.95. The summed E-state index contributed by atoms with van der Waals surface area (Å²) >= 11 is 0. The highest BCUT2D eigenvalue weighted by Crippen LogP contribution is 2.34. The van der Waals surface area contributed by atoms with Crippen LogP contribution in [0.25, 0.3) is 0 Å². The summed E-state index contributed by atoms with van der Waals surface area (Å²) in [5.41, 5.74) is 8.04. The summed E-state index contributed by atoms with van der Waals surface area (Å²) in [5, 5.41) is 0. The number of methoxy groups -OCH3 is 1. The Labute approximate surface area is 114 Å². The number of hydrogen-bond donors (Lipinski definition) is 1. The lowest BCUT2D eigenvalue weighted by Crippen LogP contribution is -2.09. The van der Waals surface area contributed by atoms with Crippen molar-refractivity contribution in [1.29, 1.82) is 0 Å². The topological polar surface area (TPSA) is 44.5 Å². The fourth-order valence-corrected chi connectivity index (χ4v) is 1.94. The molecule has 2 aromatic carbocycles. The van der Waals surface area contributed by atoms with E-state index in [1.54, 1.807) is 7.11 Å². The van der Waals surface area contributed by atoms with Crippen LogP contribution in [-0.4, -0.2) is 7.11 Å². The van der Waals surface area contributed by atoms with Gasteiger partial charge in [-0.25, -0.2) is 0 Å². The second-order valence-electron chi connectivity index (χ2n) is 4.44. The van der Waals surface area contributed by atoms with E-state index in [-0.39, 0.29) is 6.04 Å². The second-order valence-corrected chi connectivity index (χ2v) is 4.44. The van der Waals surface area contributed by atoms with Crippen molar-refractivity contribution < 1.29 is 9.47 Å². The number of ether oxygens (including phenoxy) is 2. The van der Waals surface area contributed by atoms with Crippen molar-refractivity contribution in [3.05, 3.63) is 59.7 Å². The highest BCUT2D eigenvalue weighted by Gasteiger charge is 2.13. The summed E-state index contributed by atoms with van der Waals surface area (Å²) in [6.07, 6.45) is 0. The summed E-state index contributed by atoms with van der Waals surface area (Å²) < 4.78 is 11.2. The van der Waals surface area contributed by atoms with E-state index in [1.165, 1.54) is 0 Å². The van der Waals surface area contributed by atoms with E-state index in [2.05, 4.69) is 0 Å². The number of nitrogens with two attached hydrogens (primary N) is 1. The van der Waals surface area contributed by atoms with Crippen molar-refractivity contribution in [2.24, 2.45) is 5.73 Å². The molecule has 19 heavy (non-hydrogen) atoms. The van der Waals surface area contributed by atoms with Gasteiger partial charge in [-0.3, -0.25) is 0 Å². The van der Waals surface area contributed by atoms with Crippen LogP contribution in [0, 0.1) is 0 Å². The van der Waals surface area contributed by atoms with Crippen LogP contribution in [0.4, 0.5) is 0 Å². The lowest BCUT2D eigenvalue weighted by molar-refractivity contribution is 0.280. The van der Waals surface area contributed by atoms with Crippen LogP contribution in [0.5, 0.6) is 11.5 Å². The average molecular weight is 257 g/mol. The van der Waals surface area contributed by atoms with Gasteiger partial charge in [0.15, 0.2) is 11.5 Å². The molecule has 1 unspecified atom stereocenters. The largest absolute Gasteiger partial charge is 0.493 e. The molecule has 0 aliphatic rings.